The van der Waals surface area contributed by atoms with E-state index in [4.69, 9.17) is 0 Å². The van der Waals surface area contributed by atoms with Gasteiger partial charge in [0.05, 0.1) is 22.2 Å². The van der Waals surface area contributed by atoms with Crippen LogP contribution in [0.3, 0.4) is 0 Å². The minimum absolute atomic E-state index is 0.0605. The number of anilines is 1. The largest absolute Gasteiger partial charge is 0.368 e. The van der Waals surface area contributed by atoms with Crippen molar-refractivity contribution in [2.75, 3.05) is 31.1 Å². The molecular formula is C23H21N5O2. The lowest BCUT2D eigenvalue weighted by molar-refractivity contribution is -0.384. The minimum atomic E-state index is -0.471. The summed E-state index contributed by atoms with van der Waals surface area (Å²) in [7, 11) is 0. The molecule has 1 unspecified atom stereocenters. The van der Waals surface area contributed by atoms with Gasteiger partial charge in [-0.2, -0.15) is 5.26 Å². The molecule has 0 bridgehead atoms. The smallest absolute Gasteiger partial charge is 0.270 e. The fourth-order valence-electron chi connectivity index (χ4n) is 4.01. The first-order valence-corrected chi connectivity index (χ1v) is 9.80. The summed E-state index contributed by atoms with van der Waals surface area (Å²) in [6, 6.07) is 21.1. The Hall–Kier alpha value is -3.76. The molecule has 150 valence electrons. The average molecular weight is 399 g/mol. The number of nitro benzene ring substituents is 1. The van der Waals surface area contributed by atoms with E-state index in [0.717, 1.165) is 37.4 Å². The van der Waals surface area contributed by atoms with Crippen molar-refractivity contribution in [2.24, 2.45) is 0 Å². The van der Waals surface area contributed by atoms with Crippen molar-refractivity contribution >= 4 is 11.4 Å². The van der Waals surface area contributed by atoms with Crippen molar-refractivity contribution in [2.45, 2.75) is 6.04 Å². The molecule has 1 fully saturated rings. The second-order valence-electron chi connectivity index (χ2n) is 7.19. The van der Waals surface area contributed by atoms with Gasteiger partial charge in [0, 0.05) is 50.7 Å². The maximum atomic E-state index is 11.0. The third-order valence-electron chi connectivity index (χ3n) is 5.45. The van der Waals surface area contributed by atoms with Crippen LogP contribution in [0.25, 0.3) is 0 Å². The van der Waals surface area contributed by atoms with E-state index in [1.807, 2.05) is 30.5 Å². The zero-order chi connectivity index (χ0) is 20.9. The SMILES string of the molecule is N#Cc1cc([N+](=O)[O-])ccc1N1CCN(C(c2ccccc2)c2cccnc2)CC1. The normalized spacial score (nSPS) is 15.4. The van der Waals surface area contributed by atoms with E-state index in [0.29, 0.717) is 5.56 Å². The van der Waals surface area contributed by atoms with Gasteiger partial charge in [-0.15, -0.1) is 0 Å². The highest BCUT2D eigenvalue weighted by molar-refractivity contribution is 5.63. The van der Waals surface area contributed by atoms with Crippen LogP contribution in [0, 0.1) is 21.4 Å². The zero-order valence-electron chi connectivity index (χ0n) is 16.4. The van der Waals surface area contributed by atoms with Crippen LogP contribution in [-0.2, 0) is 0 Å². The number of piperazine rings is 1. The van der Waals surface area contributed by atoms with Crippen LogP contribution in [0.15, 0.2) is 73.1 Å². The van der Waals surface area contributed by atoms with Gasteiger partial charge in [0.25, 0.3) is 5.69 Å². The molecule has 30 heavy (non-hydrogen) atoms. The van der Waals surface area contributed by atoms with Gasteiger partial charge in [-0.1, -0.05) is 36.4 Å². The number of hydrogen-bond donors (Lipinski definition) is 0. The summed E-state index contributed by atoms with van der Waals surface area (Å²) < 4.78 is 0. The summed E-state index contributed by atoms with van der Waals surface area (Å²) in [6.07, 6.45) is 3.69. The van der Waals surface area contributed by atoms with E-state index in [-0.39, 0.29) is 11.7 Å². The molecule has 3 aromatic rings. The zero-order valence-corrected chi connectivity index (χ0v) is 16.4. The number of pyridine rings is 1. The van der Waals surface area contributed by atoms with Crippen LogP contribution in [-0.4, -0.2) is 41.0 Å². The van der Waals surface area contributed by atoms with E-state index < -0.39 is 4.92 Å². The van der Waals surface area contributed by atoms with E-state index in [1.54, 1.807) is 12.3 Å². The van der Waals surface area contributed by atoms with Crippen molar-refractivity contribution in [1.82, 2.24) is 9.88 Å². The molecule has 1 aromatic heterocycles. The van der Waals surface area contributed by atoms with E-state index in [1.165, 1.54) is 17.7 Å². The average Bonchev–Trinajstić information content (AvgIpc) is 2.81. The Bertz CT molecular complexity index is 1020. The van der Waals surface area contributed by atoms with Crippen molar-refractivity contribution in [3.8, 4) is 6.07 Å². The van der Waals surface area contributed by atoms with Crippen molar-refractivity contribution in [3.05, 3.63) is 99.9 Å². The standard InChI is InChI=1S/C23H21N5O2/c24-16-20-15-21(28(29)30)8-9-22(20)26-11-13-27(14-12-26)23(18-5-2-1-3-6-18)19-7-4-10-25-17-19/h1-10,15,17,23H,11-14H2. The summed E-state index contributed by atoms with van der Waals surface area (Å²) in [4.78, 5) is 19.4. The van der Waals surface area contributed by atoms with Gasteiger partial charge < -0.3 is 4.90 Å². The first-order chi connectivity index (χ1) is 14.7. The molecule has 1 aliphatic heterocycles. The molecule has 4 rings (SSSR count). The minimum Gasteiger partial charge on any atom is -0.368 e. The summed E-state index contributed by atoms with van der Waals surface area (Å²) in [5.41, 5.74) is 3.39. The van der Waals surface area contributed by atoms with Gasteiger partial charge in [0.15, 0.2) is 0 Å². The van der Waals surface area contributed by atoms with E-state index in [2.05, 4.69) is 39.1 Å². The maximum Gasteiger partial charge on any atom is 0.270 e. The fourth-order valence-corrected chi connectivity index (χ4v) is 4.01. The molecular weight excluding hydrogens is 378 g/mol. The van der Waals surface area contributed by atoms with Gasteiger partial charge >= 0.3 is 0 Å². The molecule has 0 saturated carbocycles. The van der Waals surface area contributed by atoms with Crippen LogP contribution >= 0.6 is 0 Å². The predicted octanol–water partition coefficient (Wildman–Crippen LogP) is 3.77. The van der Waals surface area contributed by atoms with Crippen LogP contribution in [0.5, 0.6) is 0 Å². The fraction of sp³-hybridized carbons (Fsp3) is 0.217. The molecule has 0 N–H and O–H groups in total. The van der Waals surface area contributed by atoms with Gasteiger partial charge in [0.2, 0.25) is 0 Å². The first-order valence-electron chi connectivity index (χ1n) is 9.80. The van der Waals surface area contributed by atoms with Crippen LogP contribution in [0.2, 0.25) is 0 Å². The summed E-state index contributed by atoms with van der Waals surface area (Å²) in [5, 5.41) is 20.5. The topological polar surface area (TPSA) is 86.3 Å². The number of nitriles is 1. The van der Waals surface area contributed by atoms with Crippen LogP contribution < -0.4 is 4.90 Å². The Morgan fingerprint density at radius 2 is 1.73 bits per heavy atom. The third-order valence-corrected chi connectivity index (χ3v) is 5.45. The molecule has 2 aromatic carbocycles. The number of rotatable bonds is 5. The second-order valence-corrected chi connectivity index (χ2v) is 7.19. The highest BCUT2D eigenvalue weighted by Crippen LogP contribution is 2.31. The molecule has 0 radical (unpaired) electrons. The van der Waals surface area contributed by atoms with Gasteiger partial charge in [-0.25, -0.2) is 0 Å². The molecule has 0 amide bonds. The number of non-ortho nitro benzene ring substituents is 1. The Labute approximate surface area is 175 Å². The molecule has 1 atom stereocenters. The number of benzene rings is 2. The third kappa shape index (κ3) is 4.00. The first kappa shape index (κ1) is 19.6. The summed E-state index contributed by atoms with van der Waals surface area (Å²) in [6.45, 7) is 3.07. The van der Waals surface area contributed by atoms with E-state index in [9.17, 15) is 15.4 Å². The van der Waals surface area contributed by atoms with Crippen molar-refractivity contribution in [1.29, 1.82) is 5.26 Å². The van der Waals surface area contributed by atoms with E-state index >= 15 is 0 Å². The van der Waals surface area contributed by atoms with Crippen LogP contribution in [0.4, 0.5) is 11.4 Å². The lowest BCUT2D eigenvalue weighted by Gasteiger charge is -2.40. The number of nitro groups is 1. The highest BCUT2D eigenvalue weighted by atomic mass is 16.6. The Morgan fingerprint density at radius 1 is 1.00 bits per heavy atom. The quantitative estimate of drug-likeness (QED) is 0.479. The molecule has 0 aliphatic carbocycles. The Balaban J connectivity index is 1.56. The highest BCUT2D eigenvalue weighted by Gasteiger charge is 2.27. The number of hydrogen-bond acceptors (Lipinski definition) is 6. The van der Waals surface area contributed by atoms with Crippen molar-refractivity contribution < 1.29 is 4.92 Å². The van der Waals surface area contributed by atoms with Gasteiger partial charge in [-0.3, -0.25) is 20.0 Å². The summed E-state index contributed by atoms with van der Waals surface area (Å²) >= 11 is 0. The molecule has 7 heteroatoms. The predicted molar refractivity (Wildman–Crippen MR) is 114 cm³/mol. The monoisotopic (exact) mass is 399 g/mol. The second kappa shape index (κ2) is 8.72. The summed E-state index contributed by atoms with van der Waals surface area (Å²) in [5.74, 6) is 0. The number of nitrogens with zero attached hydrogens (tertiary/aromatic N) is 5. The molecule has 1 aliphatic rings. The molecule has 1 saturated heterocycles. The maximum absolute atomic E-state index is 11.0. The van der Waals surface area contributed by atoms with Crippen LogP contribution in [0.1, 0.15) is 22.7 Å². The molecule has 2 heterocycles. The van der Waals surface area contributed by atoms with Gasteiger partial charge in [0.1, 0.15) is 6.07 Å². The Kier molecular flexibility index (Phi) is 5.68. The number of aromatic nitrogens is 1. The Morgan fingerprint density at radius 3 is 2.37 bits per heavy atom. The molecule has 0 spiro atoms. The lowest BCUT2D eigenvalue weighted by atomic mass is 9.97. The van der Waals surface area contributed by atoms with Crippen molar-refractivity contribution in [3.63, 3.8) is 0 Å². The van der Waals surface area contributed by atoms with Gasteiger partial charge in [-0.05, 0) is 23.3 Å². The molecule has 7 nitrogen and oxygen atoms in total. The lowest BCUT2D eigenvalue weighted by Crippen LogP contribution is -2.48.